The fraction of sp³-hybridized carbons (Fsp3) is 0.389. The van der Waals surface area contributed by atoms with Crippen molar-refractivity contribution in [2.75, 3.05) is 13.2 Å². The van der Waals surface area contributed by atoms with Crippen LogP contribution in [0, 0.1) is 0 Å². The molecule has 1 aliphatic heterocycles. The highest BCUT2D eigenvalue weighted by atomic mass is 32.1. The molecule has 1 aromatic carbocycles. The second-order valence-electron chi connectivity index (χ2n) is 5.96. The summed E-state index contributed by atoms with van der Waals surface area (Å²) >= 11 is 3.63. The number of hydrogen-bond acceptors (Lipinski definition) is 5. The quantitative estimate of drug-likeness (QED) is 0.656. The molecule has 0 saturated carbocycles. The summed E-state index contributed by atoms with van der Waals surface area (Å²) in [5.74, 6) is 0. The van der Waals surface area contributed by atoms with Crippen LogP contribution in [0.4, 0.5) is 0 Å². The van der Waals surface area contributed by atoms with Crippen LogP contribution in [0.2, 0.25) is 0 Å². The van der Waals surface area contributed by atoms with E-state index in [1.54, 1.807) is 11.3 Å². The molecule has 23 heavy (non-hydrogen) atoms. The van der Waals surface area contributed by atoms with Gasteiger partial charge in [0.05, 0.1) is 22.9 Å². The first kappa shape index (κ1) is 15.3. The van der Waals surface area contributed by atoms with Gasteiger partial charge in [-0.3, -0.25) is 4.90 Å². The number of benzene rings is 1. The summed E-state index contributed by atoms with van der Waals surface area (Å²) < 4.78 is 7.12. The lowest BCUT2D eigenvalue weighted by molar-refractivity contribution is 0.0682. The van der Waals surface area contributed by atoms with Crippen molar-refractivity contribution in [3.63, 3.8) is 0 Å². The number of para-hydroxylation sites is 1. The first-order valence-corrected chi connectivity index (χ1v) is 9.77. The van der Waals surface area contributed by atoms with E-state index in [1.165, 1.54) is 27.4 Å². The number of thiophene rings is 1. The predicted octanol–water partition coefficient (Wildman–Crippen LogP) is 4.54. The van der Waals surface area contributed by atoms with Gasteiger partial charge in [0.15, 0.2) is 0 Å². The van der Waals surface area contributed by atoms with Crippen LogP contribution in [0.1, 0.15) is 22.7 Å². The van der Waals surface area contributed by atoms with Gasteiger partial charge in [0.2, 0.25) is 0 Å². The summed E-state index contributed by atoms with van der Waals surface area (Å²) in [6.45, 7) is 3.79. The van der Waals surface area contributed by atoms with E-state index in [0.29, 0.717) is 6.10 Å². The average molecular weight is 345 g/mol. The monoisotopic (exact) mass is 344 g/mol. The van der Waals surface area contributed by atoms with Gasteiger partial charge in [-0.1, -0.05) is 18.2 Å². The Balaban J connectivity index is 1.51. The lowest BCUT2D eigenvalue weighted by atomic mass is 10.2. The first-order valence-electron chi connectivity index (χ1n) is 8.07. The number of thiazole rings is 1. The molecule has 0 N–H and O–H groups in total. The molecule has 3 aromatic rings. The van der Waals surface area contributed by atoms with Crippen LogP contribution < -0.4 is 0 Å². The van der Waals surface area contributed by atoms with E-state index in [4.69, 9.17) is 9.72 Å². The van der Waals surface area contributed by atoms with Crippen LogP contribution in [0.25, 0.3) is 10.2 Å². The van der Waals surface area contributed by atoms with Crippen LogP contribution in [0.15, 0.2) is 41.8 Å². The zero-order valence-corrected chi connectivity index (χ0v) is 14.6. The third-order valence-electron chi connectivity index (χ3n) is 4.14. The van der Waals surface area contributed by atoms with Gasteiger partial charge >= 0.3 is 0 Å². The third-order valence-corrected chi connectivity index (χ3v) is 6.02. The molecule has 120 valence electrons. The fourth-order valence-corrected chi connectivity index (χ4v) is 4.82. The van der Waals surface area contributed by atoms with Crippen LogP contribution in [0.3, 0.4) is 0 Å². The molecular formula is C18H20N2OS2. The highest BCUT2D eigenvalue weighted by Crippen LogP contribution is 2.24. The summed E-state index contributed by atoms with van der Waals surface area (Å²) in [7, 11) is 0. The van der Waals surface area contributed by atoms with Gasteiger partial charge < -0.3 is 4.74 Å². The molecule has 5 heteroatoms. The van der Waals surface area contributed by atoms with Gasteiger partial charge in [0, 0.05) is 24.6 Å². The zero-order valence-electron chi connectivity index (χ0n) is 13.0. The molecule has 0 radical (unpaired) electrons. The van der Waals surface area contributed by atoms with Crippen molar-refractivity contribution in [1.29, 1.82) is 0 Å². The standard InChI is InChI=1S/C18H20N2OS2/c1-2-8-17-16(7-1)19-18(23-17)13-20(11-14-5-3-9-21-14)12-15-6-4-10-22-15/h1-2,4,6-8,10,14H,3,5,9,11-13H2. The Hall–Kier alpha value is -1.27. The SMILES string of the molecule is c1csc(CN(Cc2nc3ccccc3s2)CC2CCCO2)c1. The summed E-state index contributed by atoms with van der Waals surface area (Å²) in [6, 6.07) is 12.7. The number of rotatable bonds is 6. The van der Waals surface area contributed by atoms with Crippen molar-refractivity contribution in [3.05, 3.63) is 51.7 Å². The minimum absolute atomic E-state index is 0.379. The van der Waals surface area contributed by atoms with E-state index in [-0.39, 0.29) is 0 Å². The van der Waals surface area contributed by atoms with Crippen molar-refractivity contribution in [2.24, 2.45) is 0 Å². The first-order chi connectivity index (χ1) is 11.4. The third kappa shape index (κ3) is 3.80. The minimum atomic E-state index is 0.379. The van der Waals surface area contributed by atoms with Crippen molar-refractivity contribution in [1.82, 2.24) is 9.88 Å². The van der Waals surface area contributed by atoms with Gasteiger partial charge in [-0.05, 0) is 36.4 Å². The predicted molar refractivity (Wildman–Crippen MR) is 97.0 cm³/mol. The van der Waals surface area contributed by atoms with Crippen LogP contribution in [0.5, 0.6) is 0 Å². The Morgan fingerprint density at radius 3 is 2.91 bits per heavy atom. The van der Waals surface area contributed by atoms with Gasteiger partial charge in [0.25, 0.3) is 0 Å². The second-order valence-corrected chi connectivity index (χ2v) is 8.11. The van der Waals surface area contributed by atoms with E-state index in [0.717, 1.165) is 31.8 Å². The molecule has 3 heterocycles. The molecular weight excluding hydrogens is 324 g/mol. The normalized spacial score (nSPS) is 18.2. The maximum atomic E-state index is 5.84. The number of ether oxygens (including phenoxy) is 1. The molecule has 4 rings (SSSR count). The molecule has 1 saturated heterocycles. The Kier molecular flexibility index (Phi) is 4.71. The molecule has 1 atom stereocenters. The van der Waals surface area contributed by atoms with Crippen molar-refractivity contribution >= 4 is 32.9 Å². The molecule has 0 bridgehead atoms. The smallest absolute Gasteiger partial charge is 0.108 e. The average Bonchev–Trinajstić information content (AvgIpc) is 3.27. The van der Waals surface area contributed by atoms with Crippen LogP contribution in [-0.4, -0.2) is 29.1 Å². The number of hydrogen-bond donors (Lipinski definition) is 0. The van der Waals surface area contributed by atoms with Gasteiger partial charge in [-0.25, -0.2) is 4.98 Å². The molecule has 3 nitrogen and oxygen atoms in total. The van der Waals surface area contributed by atoms with Gasteiger partial charge in [-0.15, -0.1) is 22.7 Å². The number of nitrogens with zero attached hydrogens (tertiary/aromatic N) is 2. The minimum Gasteiger partial charge on any atom is -0.377 e. The van der Waals surface area contributed by atoms with E-state index >= 15 is 0 Å². The lowest BCUT2D eigenvalue weighted by Gasteiger charge is -2.23. The van der Waals surface area contributed by atoms with Gasteiger partial charge in [0.1, 0.15) is 5.01 Å². The van der Waals surface area contributed by atoms with Gasteiger partial charge in [-0.2, -0.15) is 0 Å². The molecule has 1 aliphatic rings. The maximum Gasteiger partial charge on any atom is 0.108 e. The molecule has 0 spiro atoms. The maximum absolute atomic E-state index is 5.84. The highest BCUT2D eigenvalue weighted by Gasteiger charge is 2.20. The highest BCUT2D eigenvalue weighted by molar-refractivity contribution is 7.18. The topological polar surface area (TPSA) is 25.4 Å². The van der Waals surface area contributed by atoms with Crippen LogP contribution >= 0.6 is 22.7 Å². The Morgan fingerprint density at radius 1 is 1.17 bits per heavy atom. The lowest BCUT2D eigenvalue weighted by Crippen LogP contribution is -2.31. The van der Waals surface area contributed by atoms with E-state index < -0.39 is 0 Å². The zero-order chi connectivity index (χ0) is 15.5. The molecule has 1 unspecified atom stereocenters. The summed E-state index contributed by atoms with van der Waals surface area (Å²) in [4.78, 5) is 8.69. The molecule has 0 aliphatic carbocycles. The summed E-state index contributed by atoms with van der Waals surface area (Å²) in [5, 5.41) is 3.35. The van der Waals surface area contributed by atoms with Crippen molar-refractivity contribution in [3.8, 4) is 0 Å². The molecule has 0 amide bonds. The van der Waals surface area contributed by atoms with E-state index in [1.807, 2.05) is 11.3 Å². The second kappa shape index (κ2) is 7.09. The van der Waals surface area contributed by atoms with Crippen molar-refractivity contribution in [2.45, 2.75) is 32.0 Å². The van der Waals surface area contributed by atoms with Crippen molar-refractivity contribution < 1.29 is 4.74 Å². The number of fused-ring (bicyclic) bond motifs is 1. The Labute approximate surface area is 144 Å². The molecule has 1 fully saturated rings. The van der Waals surface area contributed by atoms with E-state index in [9.17, 15) is 0 Å². The van der Waals surface area contributed by atoms with Crippen LogP contribution in [-0.2, 0) is 17.8 Å². The fourth-order valence-electron chi connectivity index (χ4n) is 3.06. The molecule has 2 aromatic heterocycles. The van der Waals surface area contributed by atoms with E-state index in [2.05, 4.69) is 46.7 Å². The summed E-state index contributed by atoms with van der Waals surface area (Å²) in [5.41, 5.74) is 1.11. The Bertz CT molecular complexity index is 714. The Morgan fingerprint density at radius 2 is 2.13 bits per heavy atom. The largest absolute Gasteiger partial charge is 0.377 e. The number of aromatic nitrogens is 1. The summed E-state index contributed by atoms with van der Waals surface area (Å²) in [6.07, 6.45) is 2.75.